The van der Waals surface area contributed by atoms with Crippen molar-refractivity contribution in [1.82, 2.24) is 15.5 Å². The van der Waals surface area contributed by atoms with Gasteiger partial charge < -0.3 is 9.84 Å². The molecular formula is C14H23N3O. The van der Waals surface area contributed by atoms with Gasteiger partial charge in [-0.2, -0.15) is 4.98 Å². The molecule has 0 unspecified atom stereocenters. The van der Waals surface area contributed by atoms with Crippen molar-refractivity contribution in [3.63, 3.8) is 0 Å². The maximum Gasteiger partial charge on any atom is 0.223 e. The summed E-state index contributed by atoms with van der Waals surface area (Å²) in [4.78, 5) is 4.47. The van der Waals surface area contributed by atoms with Gasteiger partial charge in [0.1, 0.15) is 0 Å². The minimum atomic E-state index is 0.000347. The zero-order chi connectivity index (χ0) is 12.4. The van der Waals surface area contributed by atoms with Gasteiger partial charge in [-0.15, -0.1) is 0 Å². The van der Waals surface area contributed by atoms with Crippen LogP contribution >= 0.6 is 0 Å². The maximum absolute atomic E-state index is 5.17. The average Bonchev–Trinajstić information content (AvgIpc) is 3.08. The topological polar surface area (TPSA) is 51.0 Å². The summed E-state index contributed by atoms with van der Waals surface area (Å²) in [5, 5.41) is 7.95. The molecule has 1 heterocycles. The number of aromatic nitrogens is 2. The molecule has 0 aliphatic heterocycles. The standard InChI is InChI=1S/C14H23N3O/c1-11-16-13(17-18-11)14(8-4-5-9-14)15-10-12-6-2-3-7-12/h12,15H,2-10H2,1H3. The summed E-state index contributed by atoms with van der Waals surface area (Å²) in [6, 6.07) is 0. The van der Waals surface area contributed by atoms with E-state index in [-0.39, 0.29) is 5.54 Å². The van der Waals surface area contributed by atoms with Crippen LogP contribution in [-0.2, 0) is 5.54 Å². The molecule has 0 bridgehead atoms. The number of hydrogen-bond donors (Lipinski definition) is 1. The van der Waals surface area contributed by atoms with Gasteiger partial charge in [0, 0.05) is 6.92 Å². The average molecular weight is 249 g/mol. The summed E-state index contributed by atoms with van der Waals surface area (Å²) in [5.74, 6) is 2.42. The van der Waals surface area contributed by atoms with Gasteiger partial charge in [0.05, 0.1) is 5.54 Å². The second kappa shape index (κ2) is 5.00. The van der Waals surface area contributed by atoms with Gasteiger partial charge in [-0.1, -0.05) is 30.8 Å². The Kier molecular flexibility index (Phi) is 3.37. The highest BCUT2D eigenvalue weighted by Gasteiger charge is 2.39. The molecule has 0 saturated heterocycles. The van der Waals surface area contributed by atoms with Crippen molar-refractivity contribution in [3.8, 4) is 0 Å². The Morgan fingerprint density at radius 3 is 2.56 bits per heavy atom. The Balaban J connectivity index is 1.70. The molecule has 1 N–H and O–H groups in total. The molecule has 3 rings (SSSR count). The third-order valence-corrected chi connectivity index (χ3v) is 4.62. The molecular weight excluding hydrogens is 226 g/mol. The third-order valence-electron chi connectivity index (χ3n) is 4.62. The van der Waals surface area contributed by atoms with E-state index in [0.717, 1.165) is 31.1 Å². The van der Waals surface area contributed by atoms with Crippen molar-refractivity contribution in [2.75, 3.05) is 6.54 Å². The van der Waals surface area contributed by atoms with Gasteiger partial charge in [0.2, 0.25) is 5.89 Å². The number of hydrogen-bond acceptors (Lipinski definition) is 4. The highest BCUT2D eigenvalue weighted by Crippen LogP contribution is 2.38. The lowest BCUT2D eigenvalue weighted by Crippen LogP contribution is -2.43. The van der Waals surface area contributed by atoms with Crippen molar-refractivity contribution in [3.05, 3.63) is 11.7 Å². The Hall–Kier alpha value is -0.900. The van der Waals surface area contributed by atoms with Gasteiger partial charge in [-0.05, 0) is 38.1 Å². The number of nitrogens with zero attached hydrogens (tertiary/aromatic N) is 2. The van der Waals surface area contributed by atoms with E-state index in [4.69, 9.17) is 4.52 Å². The lowest BCUT2D eigenvalue weighted by Gasteiger charge is -2.28. The number of aryl methyl sites for hydroxylation is 1. The van der Waals surface area contributed by atoms with Crippen LogP contribution in [0.1, 0.15) is 63.1 Å². The first-order valence-corrected chi connectivity index (χ1v) is 7.34. The van der Waals surface area contributed by atoms with E-state index >= 15 is 0 Å². The summed E-state index contributed by atoms with van der Waals surface area (Å²) in [5.41, 5.74) is 0.000347. The van der Waals surface area contributed by atoms with Crippen molar-refractivity contribution in [2.45, 2.75) is 63.8 Å². The third kappa shape index (κ3) is 2.30. The summed E-state index contributed by atoms with van der Waals surface area (Å²) >= 11 is 0. The normalized spacial score (nSPS) is 23.8. The quantitative estimate of drug-likeness (QED) is 0.891. The molecule has 4 heteroatoms. The summed E-state index contributed by atoms with van der Waals surface area (Å²) in [6.45, 7) is 2.99. The molecule has 1 aromatic rings. The number of nitrogens with one attached hydrogen (secondary N) is 1. The summed E-state index contributed by atoms with van der Waals surface area (Å²) < 4.78 is 5.17. The fourth-order valence-corrected chi connectivity index (χ4v) is 3.51. The maximum atomic E-state index is 5.17. The van der Waals surface area contributed by atoms with Gasteiger partial charge in [-0.3, -0.25) is 0 Å². The van der Waals surface area contributed by atoms with E-state index in [1.807, 2.05) is 6.92 Å². The molecule has 100 valence electrons. The van der Waals surface area contributed by atoms with Crippen LogP contribution in [0.2, 0.25) is 0 Å². The van der Waals surface area contributed by atoms with E-state index < -0.39 is 0 Å². The van der Waals surface area contributed by atoms with Crippen LogP contribution in [-0.4, -0.2) is 16.7 Å². The van der Waals surface area contributed by atoms with Crippen LogP contribution in [0.3, 0.4) is 0 Å². The first-order valence-electron chi connectivity index (χ1n) is 7.34. The van der Waals surface area contributed by atoms with E-state index in [1.165, 1.54) is 38.5 Å². The highest BCUT2D eigenvalue weighted by molar-refractivity contribution is 5.08. The van der Waals surface area contributed by atoms with Crippen molar-refractivity contribution < 1.29 is 4.52 Å². The molecule has 18 heavy (non-hydrogen) atoms. The van der Waals surface area contributed by atoms with Crippen molar-refractivity contribution >= 4 is 0 Å². The van der Waals surface area contributed by atoms with Crippen LogP contribution in [0.4, 0.5) is 0 Å². The van der Waals surface area contributed by atoms with Gasteiger partial charge in [0.25, 0.3) is 0 Å². The van der Waals surface area contributed by atoms with E-state index in [1.54, 1.807) is 0 Å². The molecule has 0 radical (unpaired) electrons. The largest absolute Gasteiger partial charge is 0.340 e. The Bertz CT molecular complexity index is 389. The molecule has 0 atom stereocenters. The Morgan fingerprint density at radius 2 is 1.94 bits per heavy atom. The minimum absolute atomic E-state index is 0.000347. The first-order chi connectivity index (χ1) is 8.78. The minimum Gasteiger partial charge on any atom is -0.340 e. The lowest BCUT2D eigenvalue weighted by molar-refractivity contribution is 0.281. The zero-order valence-corrected chi connectivity index (χ0v) is 11.2. The molecule has 1 aromatic heterocycles. The van der Waals surface area contributed by atoms with E-state index in [9.17, 15) is 0 Å². The number of rotatable bonds is 4. The summed E-state index contributed by atoms with van der Waals surface area (Å²) in [7, 11) is 0. The second-order valence-corrected chi connectivity index (χ2v) is 5.96. The molecule has 2 fully saturated rings. The Labute approximate surface area is 109 Å². The fraction of sp³-hybridized carbons (Fsp3) is 0.857. The van der Waals surface area contributed by atoms with Crippen molar-refractivity contribution in [1.29, 1.82) is 0 Å². The van der Waals surface area contributed by atoms with Crippen LogP contribution in [0.25, 0.3) is 0 Å². The van der Waals surface area contributed by atoms with E-state index in [0.29, 0.717) is 5.89 Å². The second-order valence-electron chi connectivity index (χ2n) is 5.96. The SMILES string of the molecule is Cc1nc(C2(NCC3CCCC3)CCCC2)no1. The lowest BCUT2D eigenvalue weighted by atomic mass is 9.95. The first kappa shape index (κ1) is 12.2. The molecule has 0 spiro atoms. The molecule has 2 saturated carbocycles. The molecule has 0 amide bonds. The van der Waals surface area contributed by atoms with Gasteiger partial charge in [0.15, 0.2) is 5.82 Å². The fourth-order valence-electron chi connectivity index (χ4n) is 3.51. The van der Waals surface area contributed by atoms with Gasteiger partial charge in [-0.25, -0.2) is 0 Å². The molecule has 2 aliphatic carbocycles. The smallest absolute Gasteiger partial charge is 0.223 e. The predicted octanol–water partition coefficient (Wildman–Crippen LogP) is 2.93. The van der Waals surface area contributed by atoms with E-state index in [2.05, 4.69) is 15.5 Å². The van der Waals surface area contributed by atoms with Crippen LogP contribution in [0.15, 0.2) is 4.52 Å². The Morgan fingerprint density at radius 1 is 1.22 bits per heavy atom. The van der Waals surface area contributed by atoms with Gasteiger partial charge >= 0.3 is 0 Å². The summed E-state index contributed by atoms with van der Waals surface area (Å²) in [6.07, 6.45) is 10.4. The van der Waals surface area contributed by atoms with Crippen molar-refractivity contribution in [2.24, 2.45) is 5.92 Å². The highest BCUT2D eigenvalue weighted by atomic mass is 16.5. The van der Waals surface area contributed by atoms with Crippen LogP contribution in [0.5, 0.6) is 0 Å². The van der Waals surface area contributed by atoms with Crippen LogP contribution < -0.4 is 5.32 Å². The molecule has 2 aliphatic rings. The molecule has 0 aromatic carbocycles. The predicted molar refractivity (Wildman–Crippen MR) is 69.1 cm³/mol. The monoisotopic (exact) mass is 249 g/mol. The zero-order valence-electron chi connectivity index (χ0n) is 11.2. The molecule has 4 nitrogen and oxygen atoms in total. The van der Waals surface area contributed by atoms with Crippen LogP contribution in [0, 0.1) is 12.8 Å².